The molecular weight excluding hydrogens is 311 g/mol. The van der Waals surface area contributed by atoms with Gasteiger partial charge in [-0.2, -0.15) is 0 Å². The van der Waals surface area contributed by atoms with Crippen molar-refractivity contribution in [2.75, 3.05) is 12.0 Å². The molecule has 0 amide bonds. The van der Waals surface area contributed by atoms with E-state index in [4.69, 9.17) is 0 Å². The Kier molecular flexibility index (Phi) is 5.63. The third-order valence-corrected chi connectivity index (χ3v) is 4.49. The Bertz CT molecular complexity index is 843. The van der Waals surface area contributed by atoms with Crippen molar-refractivity contribution in [1.82, 2.24) is 9.55 Å². The minimum Gasteiger partial charge on any atom is -0.748 e. The predicted octanol–water partition coefficient (Wildman–Crippen LogP) is -2.62. The monoisotopic (exact) mass is 324 g/mol. The van der Waals surface area contributed by atoms with E-state index in [-0.39, 0.29) is 37.0 Å². The van der Waals surface area contributed by atoms with E-state index >= 15 is 0 Å². The average Bonchev–Trinajstić information content (AvgIpc) is 2.67. The van der Waals surface area contributed by atoms with Crippen LogP contribution in [0.1, 0.15) is 6.42 Å². The third-order valence-electron chi connectivity index (χ3n) is 2.73. The van der Waals surface area contributed by atoms with Crippen LogP contribution >= 0.6 is 0 Å². The molecule has 0 aliphatic rings. The summed E-state index contributed by atoms with van der Waals surface area (Å²) in [5.74, 6) is -0.539. The standard InChI is InChI=1S/C11H14N2O5S2.Li/c1-19(14,15)11-12-9-5-2-3-6-10(9)13(11)7-4-8-20(16,17)18;/h2-3,5-6H,4,7-8H2,1H3,(H,16,17,18);/q;+1/p-1. The molecule has 0 radical (unpaired) electrons. The zero-order chi connectivity index (χ0) is 15.0. The van der Waals surface area contributed by atoms with Crippen molar-refractivity contribution < 1.29 is 40.2 Å². The molecule has 0 saturated carbocycles. The molecule has 0 fully saturated rings. The van der Waals surface area contributed by atoms with Gasteiger partial charge in [0.2, 0.25) is 15.0 Å². The Labute approximate surface area is 135 Å². The van der Waals surface area contributed by atoms with E-state index < -0.39 is 25.7 Å². The Morgan fingerprint density at radius 2 is 1.81 bits per heavy atom. The van der Waals surface area contributed by atoms with Gasteiger partial charge in [0, 0.05) is 18.6 Å². The van der Waals surface area contributed by atoms with E-state index in [0.717, 1.165) is 6.26 Å². The number of rotatable bonds is 5. The van der Waals surface area contributed by atoms with Gasteiger partial charge in [-0.25, -0.2) is 21.8 Å². The Balaban J connectivity index is 0.00000220. The number of nitrogens with zero attached hydrogens (tertiary/aromatic N) is 2. The summed E-state index contributed by atoms with van der Waals surface area (Å²) >= 11 is 0. The fourth-order valence-electron chi connectivity index (χ4n) is 1.95. The fourth-order valence-corrected chi connectivity index (χ4v) is 3.29. The minimum atomic E-state index is -4.31. The van der Waals surface area contributed by atoms with Crippen LogP contribution in [0.3, 0.4) is 0 Å². The van der Waals surface area contributed by atoms with Crippen molar-refractivity contribution in [2.45, 2.75) is 18.1 Å². The van der Waals surface area contributed by atoms with Crippen molar-refractivity contribution in [2.24, 2.45) is 0 Å². The van der Waals surface area contributed by atoms with Gasteiger partial charge < -0.3 is 9.12 Å². The first kappa shape index (κ1) is 18.2. The first-order chi connectivity index (χ1) is 9.18. The summed E-state index contributed by atoms with van der Waals surface area (Å²) in [5.41, 5.74) is 1.11. The molecule has 1 aromatic heterocycles. The molecule has 0 saturated heterocycles. The van der Waals surface area contributed by atoms with Crippen molar-refractivity contribution in [3.63, 3.8) is 0 Å². The molecule has 1 aromatic carbocycles. The number of imidazole rings is 1. The summed E-state index contributed by atoms with van der Waals surface area (Å²) < 4.78 is 56.7. The summed E-state index contributed by atoms with van der Waals surface area (Å²) in [6.45, 7) is 0.102. The summed E-state index contributed by atoms with van der Waals surface area (Å²) in [6, 6.07) is 6.83. The van der Waals surface area contributed by atoms with Crippen LogP contribution < -0.4 is 18.9 Å². The van der Waals surface area contributed by atoms with Gasteiger partial charge in [-0.15, -0.1) is 0 Å². The number of hydrogen-bond acceptors (Lipinski definition) is 6. The van der Waals surface area contributed by atoms with Crippen molar-refractivity contribution in [3.05, 3.63) is 24.3 Å². The van der Waals surface area contributed by atoms with E-state index in [2.05, 4.69) is 4.98 Å². The van der Waals surface area contributed by atoms with Crippen LogP contribution in [0.4, 0.5) is 0 Å². The van der Waals surface area contributed by atoms with Gasteiger partial charge in [-0.05, 0) is 18.6 Å². The molecule has 2 aromatic rings. The minimum absolute atomic E-state index is 0. The molecule has 7 nitrogen and oxygen atoms in total. The van der Waals surface area contributed by atoms with Crippen LogP contribution in [0.2, 0.25) is 0 Å². The molecule has 10 heteroatoms. The first-order valence-electron chi connectivity index (χ1n) is 5.77. The topological polar surface area (TPSA) is 109 Å². The molecule has 0 N–H and O–H groups in total. The zero-order valence-electron chi connectivity index (χ0n) is 11.7. The number of sulfone groups is 1. The molecule has 21 heavy (non-hydrogen) atoms. The van der Waals surface area contributed by atoms with E-state index in [1.807, 2.05) is 0 Å². The van der Waals surface area contributed by atoms with Crippen LogP contribution in [0.5, 0.6) is 0 Å². The van der Waals surface area contributed by atoms with Gasteiger partial charge in [0.25, 0.3) is 0 Å². The number of aromatic nitrogens is 2. The Hall–Kier alpha value is -0.853. The van der Waals surface area contributed by atoms with E-state index in [1.165, 1.54) is 4.57 Å². The number of para-hydroxylation sites is 2. The van der Waals surface area contributed by atoms with Crippen LogP contribution in [-0.2, 0) is 26.5 Å². The van der Waals surface area contributed by atoms with Crippen molar-refractivity contribution >= 4 is 31.0 Å². The molecule has 0 unspecified atom stereocenters. The maximum absolute atomic E-state index is 11.7. The third kappa shape index (κ3) is 4.56. The van der Waals surface area contributed by atoms with Gasteiger partial charge in [0.15, 0.2) is 0 Å². The SMILES string of the molecule is CS(=O)(=O)c1nc2ccccc2n1CCCS(=O)(=O)[O-].[Li+]. The normalized spacial score (nSPS) is 12.3. The summed E-state index contributed by atoms with van der Waals surface area (Å²) in [6.07, 6.45) is 1.07. The van der Waals surface area contributed by atoms with E-state index in [1.54, 1.807) is 24.3 Å². The molecule has 0 aliphatic heterocycles. The Morgan fingerprint density at radius 3 is 2.38 bits per heavy atom. The summed E-state index contributed by atoms with van der Waals surface area (Å²) in [7, 11) is -7.85. The second-order valence-corrected chi connectivity index (χ2v) is 7.86. The maximum atomic E-state index is 11.7. The van der Waals surface area contributed by atoms with Crippen LogP contribution in [0.15, 0.2) is 29.4 Å². The van der Waals surface area contributed by atoms with Crippen molar-refractivity contribution in [1.29, 1.82) is 0 Å². The number of aryl methyl sites for hydroxylation is 1. The van der Waals surface area contributed by atoms with Gasteiger partial charge in [-0.3, -0.25) is 0 Å². The second-order valence-electron chi connectivity index (χ2n) is 4.42. The molecule has 0 spiro atoms. The molecule has 0 bridgehead atoms. The van der Waals surface area contributed by atoms with E-state index in [0.29, 0.717) is 11.0 Å². The second kappa shape index (κ2) is 6.50. The zero-order valence-corrected chi connectivity index (χ0v) is 13.3. The first-order valence-corrected chi connectivity index (χ1v) is 9.24. The predicted molar refractivity (Wildman–Crippen MR) is 72.0 cm³/mol. The molecule has 2 rings (SSSR count). The fraction of sp³-hybridized carbons (Fsp3) is 0.364. The van der Waals surface area contributed by atoms with Crippen LogP contribution in [0.25, 0.3) is 11.0 Å². The summed E-state index contributed by atoms with van der Waals surface area (Å²) in [4.78, 5) is 4.05. The largest absolute Gasteiger partial charge is 1.00 e. The van der Waals surface area contributed by atoms with Gasteiger partial charge in [0.1, 0.15) is 0 Å². The molecule has 0 atom stereocenters. The van der Waals surface area contributed by atoms with E-state index in [9.17, 15) is 21.4 Å². The Morgan fingerprint density at radius 1 is 1.19 bits per heavy atom. The number of fused-ring (bicyclic) bond motifs is 1. The number of benzene rings is 1. The van der Waals surface area contributed by atoms with Crippen LogP contribution in [-0.4, -0.2) is 42.9 Å². The van der Waals surface area contributed by atoms with Crippen LogP contribution in [0, 0.1) is 0 Å². The van der Waals surface area contributed by atoms with Gasteiger partial charge >= 0.3 is 18.9 Å². The smallest absolute Gasteiger partial charge is 0.748 e. The molecule has 1 heterocycles. The van der Waals surface area contributed by atoms with Gasteiger partial charge in [0.05, 0.1) is 21.2 Å². The molecular formula is C11H13LiN2O5S2. The number of hydrogen-bond donors (Lipinski definition) is 0. The van der Waals surface area contributed by atoms with Gasteiger partial charge in [-0.1, -0.05) is 12.1 Å². The average molecular weight is 324 g/mol. The van der Waals surface area contributed by atoms with Crippen molar-refractivity contribution in [3.8, 4) is 0 Å². The maximum Gasteiger partial charge on any atom is 1.00 e. The quantitative estimate of drug-likeness (QED) is 0.440. The molecule has 110 valence electrons. The molecule has 0 aliphatic carbocycles. The summed E-state index contributed by atoms with van der Waals surface area (Å²) in [5, 5.41) is -0.123.